The number of rotatable bonds is 5. The lowest BCUT2D eigenvalue weighted by molar-refractivity contribution is -0.126. The summed E-state index contributed by atoms with van der Waals surface area (Å²) in [6.45, 7) is 1.97. The second kappa shape index (κ2) is 7.02. The molecule has 1 aromatic rings. The summed E-state index contributed by atoms with van der Waals surface area (Å²) in [6.07, 6.45) is 3.48. The van der Waals surface area contributed by atoms with Crippen LogP contribution in [0.3, 0.4) is 0 Å². The maximum absolute atomic E-state index is 11.6. The third kappa shape index (κ3) is 4.15. The van der Waals surface area contributed by atoms with E-state index in [9.17, 15) is 4.79 Å². The molecule has 21 heavy (non-hydrogen) atoms. The molecule has 0 spiro atoms. The number of nitrogens with two attached hydrogens (primary N) is 1. The molecule has 1 aliphatic heterocycles. The van der Waals surface area contributed by atoms with Crippen LogP contribution in [-0.4, -0.2) is 59.5 Å². The third-order valence-electron chi connectivity index (χ3n) is 3.29. The minimum atomic E-state index is -0.0582. The number of piperidine rings is 1. The molecule has 4 N–H and O–H groups in total. The van der Waals surface area contributed by atoms with Crippen LogP contribution in [0.4, 0.5) is 17.8 Å². The predicted molar refractivity (Wildman–Crippen MR) is 80.9 cm³/mol. The van der Waals surface area contributed by atoms with Crippen molar-refractivity contribution < 1.29 is 4.79 Å². The number of likely N-dealkylation sites (N-methyl/N-ethyl adjacent to an activating group) is 1. The molecule has 1 amide bonds. The Kier molecular flexibility index (Phi) is 5.09. The van der Waals surface area contributed by atoms with Crippen LogP contribution in [0.1, 0.15) is 19.3 Å². The van der Waals surface area contributed by atoms with Gasteiger partial charge in [0.05, 0.1) is 6.54 Å². The molecule has 0 aromatic carbocycles. The van der Waals surface area contributed by atoms with E-state index in [1.165, 1.54) is 11.3 Å². The number of aromatic nitrogens is 3. The molecule has 0 saturated carbocycles. The normalized spacial score (nSPS) is 14.7. The lowest BCUT2D eigenvalue weighted by atomic mass is 10.1. The molecular formula is C12H22N8O. The first kappa shape index (κ1) is 15.2. The second-order valence-corrected chi connectivity index (χ2v) is 5.12. The predicted octanol–water partition coefficient (Wildman–Crippen LogP) is -0.352. The number of nitrogens with zero attached hydrogens (tertiary/aromatic N) is 5. The van der Waals surface area contributed by atoms with E-state index < -0.39 is 0 Å². The molecule has 116 valence electrons. The Morgan fingerprint density at radius 2 is 1.86 bits per heavy atom. The molecule has 1 saturated heterocycles. The highest BCUT2D eigenvalue weighted by atomic mass is 16.2. The van der Waals surface area contributed by atoms with Gasteiger partial charge in [-0.2, -0.15) is 15.0 Å². The zero-order chi connectivity index (χ0) is 15.2. The van der Waals surface area contributed by atoms with Gasteiger partial charge in [-0.3, -0.25) is 10.2 Å². The Balaban J connectivity index is 2.11. The van der Waals surface area contributed by atoms with Gasteiger partial charge >= 0.3 is 0 Å². The minimum Gasteiger partial charge on any atom is -0.347 e. The van der Waals surface area contributed by atoms with Crippen molar-refractivity contribution in [3.8, 4) is 0 Å². The molecule has 2 heterocycles. The van der Waals surface area contributed by atoms with E-state index in [-0.39, 0.29) is 18.4 Å². The quantitative estimate of drug-likeness (QED) is 0.499. The molecule has 2 rings (SSSR count). The number of hydrogen-bond donors (Lipinski definition) is 3. The number of hydrazine groups is 1. The number of hydrogen-bond acceptors (Lipinski definition) is 8. The molecule has 1 aromatic heterocycles. The summed E-state index contributed by atoms with van der Waals surface area (Å²) < 4.78 is 0. The Bertz CT molecular complexity index is 486. The van der Waals surface area contributed by atoms with Crippen LogP contribution in [0.15, 0.2) is 0 Å². The number of anilines is 3. The van der Waals surface area contributed by atoms with Gasteiger partial charge in [-0.25, -0.2) is 5.84 Å². The smallest absolute Gasteiger partial charge is 0.243 e. The molecule has 0 bridgehead atoms. The van der Waals surface area contributed by atoms with Crippen molar-refractivity contribution >= 4 is 23.8 Å². The van der Waals surface area contributed by atoms with Gasteiger partial charge in [0.15, 0.2) is 0 Å². The molecule has 9 nitrogen and oxygen atoms in total. The monoisotopic (exact) mass is 294 g/mol. The third-order valence-corrected chi connectivity index (χ3v) is 3.29. The van der Waals surface area contributed by atoms with Crippen LogP contribution in [-0.2, 0) is 4.79 Å². The fraction of sp³-hybridized carbons (Fsp3) is 0.667. The zero-order valence-electron chi connectivity index (χ0n) is 12.5. The van der Waals surface area contributed by atoms with Gasteiger partial charge in [0, 0.05) is 27.2 Å². The Morgan fingerprint density at radius 3 is 2.48 bits per heavy atom. The summed E-state index contributed by atoms with van der Waals surface area (Å²) in [5, 5.41) is 2.90. The summed E-state index contributed by atoms with van der Waals surface area (Å²) in [4.78, 5) is 27.9. The van der Waals surface area contributed by atoms with Gasteiger partial charge < -0.3 is 15.1 Å². The van der Waals surface area contributed by atoms with Crippen LogP contribution in [0, 0.1) is 0 Å². The minimum absolute atomic E-state index is 0.0582. The van der Waals surface area contributed by atoms with Crippen LogP contribution in [0.2, 0.25) is 0 Å². The molecule has 1 fully saturated rings. The lowest BCUT2D eigenvalue weighted by Gasteiger charge is -2.26. The van der Waals surface area contributed by atoms with Gasteiger partial charge in [0.2, 0.25) is 23.8 Å². The summed E-state index contributed by atoms with van der Waals surface area (Å²) in [5.41, 5.74) is 2.43. The van der Waals surface area contributed by atoms with Crippen molar-refractivity contribution in [2.24, 2.45) is 5.84 Å². The summed E-state index contributed by atoms with van der Waals surface area (Å²) >= 11 is 0. The zero-order valence-corrected chi connectivity index (χ0v) is 12.5. The highest BCUT2D eigenvalue weighted by Crippen LogP contribution is 2.18. The maximum atomic E-state index is 11.6. The van der Waals surface area contributed by atoms with Crippen molar-refractivity contribution in [2.45, 2.75) is 19.3 Å². The van der Waals surface area contributed by atoms with Crippen molar-refractivity contribution in [1.82, 2.24) is 19.9 Å². The van der Waals surface area contributed by atoms with Gasteiger partial charge in [-0.05, 0) is 19.3 Å². The molecule has 0 radical (unpaired) electrons. The molecule has 0 atom stereocenters. The second-order valence-electron chi connectivity index (χ2n) is 5.12. The van der Waals surface area contributed by atoms with Crippen molar-refractivity contribution in [3.63, 3.8) is 0 Å². The van der Waals surface area contributed by atoms with Gasteiger partial charge in [-0.15, -0.1) is 0 Å². The molecule has 0 unspecified atom stereocenters. The van der Waals surface area contributed by atoms with Crippen LogP contribution < -0.4 is 21.5 Å². The van der Waals surface area contributed by atoms with Crippen LogP contribution in [0.25, 0.3) is 0 Å². The van der Waals surface area contributed by atoms with Crippen LogP contribution >= 0.6 is 0 Å². The topological polar surface area (TPSA) is 112 Å². The van der Waals surface area contributed by atoms with Crippen LogP contribution in [0.5, 0.6) is 0 Å². The van der Waals surface area contributed by atoms with Crippen molar-refractivity contribution in [1.29, 1.82) is 0 Å². The van der Waals surface area contributed by atoms with E-state index >= 15 is 0 Å². The Hall–Kier alpha value is -2.16. The maximum Gasteiger partial charge on any atom is 0.243 e. The number of nitrogen functional groups attached to an aromatic ring is 1. The van der Waals surface area contributed by atoms with Crippen molar-refractivity contribution in [3.05, 3.63) is 0 Å². The lowest BCUT2D eigenvalue weighted by Crippen LogP contribution is -2.32. The highest BCUT2D eigenvalue weighted by molar-refractivity contribution is 5.79. The summed E-state index contributed by atoms with van der Waals surface area (Å²) in [5.74, 6) is 6.54. The fourth-order valence-corrected chi connectivity index (χ4v) is 2.06. The largest absolute Gasteiger partial charge is 0.347 e. The Morgan fingerprint density at radius 1 is 1.19 bits per heavy atom. The standard InChI is InChI=1S/C12H22N8O/c1-19(2)9(21)8-14-10-15-11(18-13)17-12(16-10)20-6-4-3-5-7-20/h3-8,13H2,1-2H3,(H2,14,15,16,17,18). The molecular weight excluding hydrogens is 272 g/mol. The number of carbonyl (C=O) groups is 1. The van der Waals surface area contributed by atoms with E-state index in [0.717, 1.165) is 25.9 Å². The van der Waals surface area contributed by atoms with Gasteiger partial charge in [0.25, 0.3) is 0 Å². The SMILES string of the molecule is CN(C)C(=O)CNc1nc(NN)nc(N2CCCCC2)n1. The molecule has 0 aliphatic carbocycles. The van der Waals surface area contributed by atoms with E-state index in [4.69, 9.17) is 5.84 Å². The van der Waals surface area contributed by atoms with Gasteiger partial charge in [0.1, 0.15) is 0 Å². The fourth-order valence-electron chi connectivity index (χ4n) is 2.06. The number of nitrogens with one attached hydrogen (secondary N) is 2. The first-order chi connectivity index (χ1) is 10.1. The van der Waals surface area contributed by atoms with E-state index in [1.54, 1.807) is 14.1 Å². The average molecular weight is 294 g/mol. The first-order valence-electron chi connectivity index (χ1n) is 7.02. The molecule has 9 heteroatoms. The Labute approximate surface area is 123 Å². The van der Waals surface area contributed by atoms with Crippen molar-refractivity contribution in [2.75, 3.05) is 49.4 Å². The number of amides is 1. The summed E-state index contributed by atoms with van der Waals surface area (Å²) in [6, 6.07) is 0. The number of carbonyl (C=O) groups excluding carboxylic acids is 1. The summed E-state index contributed by atoms with van der Waals surface area (Å²) in [7, 11) is 3.40. The average Bonchev–Trinajstić information content (AvgIpc) is 2.52. The highest BCUT2D eigenvalue weighted by Gasteiger charge is 2.16. The first-order valence-corrected chi connectivity index (χ1v) is 7.02. The van der Waals surface area contributed by atoms with E-state index in [0.29, 0.717) is 11.9 Å². The molecule has 1 aliphatic rings. The van der Waals surface area contributed by atoms with Gasteiger partial charge in [-0.1, -0.05) is 0 Å². The van der Waals surface area contributed by atoms with E-state index in [1.807, 2.05) is 0 Å². The van der Waals surface area contributed by atoms with E-state index in [2.05, 4.69) is 30.6 Å².